The molecule has 0 radical (unpaired) electrons. The summed E-state index contributed by atoms with van der Waals surface area (Å²) in [6.07, 6.45) is 0. The maximum absolute atomic E-state index is 5.70. The standard InChI is InChI=1S/C12H10OS/c1-7-5-9-3-4-10-6-8(2)14-12(10)11(9)13-7/h3-6H,1-2H3. The van der Waals surface area contributed by atoms with E-state index in [4.69, 9.17) is 4.42 Å². The van der Waals surface area contributed by atoms with Crippen LogP contribution in [0.5, 0.6) is 0 Å². The highest BCUT2D eigenvalue weighted by atomic mass is 32.1. The van der Waals surface area contributed by atoms with Gasteiger partial charge >= 0.3 is 0 Å². The minimum Gasteiger partial charge on any atom is -0.460 e. The molecule has 0 unspecified atom stereocenters. The molecule has 2 heteroatoms. The molecule has 0 atom stereocenters. The molecule has 0 saturated carbocycles. The Hall–Kier alpha value is -1.28. The predicted molar refractivity (Wildman–Crippen MR) is 61.1 cm³/mol. The van der Waals surface area contributed by atoms with Crippen molar-refractivity contribution in [3.63, 3.8) is 0 Å². The van der Waals surface area contributed by atoms with Gasteiger partial charge in [0.2, 0.25) is 0 Å². The third-order valence-corrected chi connectivity index (χ3v) is 3.48. The van der Waals surface area contributed by atoms with Crippen LogP contribution in [0, 0.1) is 13.8 Å². The van der Waals surface area contributed by atoms with Gasteiger partial charge in [0.05, 0.1) is 4.70 Å². The van der Waals surface area contributed by atoms with Gasteiger partial charge in [0.15, 0.2) is 5.58 Å². The Morgan fingerprint density at radius 2 is 1.86 bits per heavy atom. The van der Waals surface area contributed by atoms with Crippen LogP contribution >= 0.6 is 11.3 Å². The van der Waals surface area contributed by atoms with Gasteiger partial charge in [-0.05, 0) is 31.4 Å². The fourth-order valence-electron chi connectivity index (χ4n) is 1.85. The fourth-order valence-corrected chi connectivity index (χ4v) is 2.85. The van der Waals surface area contributed by atoms with Crippen molar-refractivity contribution in [1.82, 2.24) is 0 Å². The molecular weight excluding hydrogens is 192 g/mol. The zero-order valence-corrected chi connectivity index (χ0v) is 8.94. The van der Waals surface area contributed by atoms with Crippen LogP contribution in [0.4, 0.5) is 0 Å². The molecule has 14 heavy (non-hydrogen) atoms. The van der Waals surface area contributed by atoms with Gasteiger partial charge < -0.3 is 4.42 Å². The fraction of sp³-hybridized carbons (Fsp3) is 0.167. The highest BCUT2D eigenvalue weighted by Crippen LogP contribution is 2.33. The Morgan fingerprint density at radius 3 is 2.71 bits per heavy atom. The Morgan fingerprint density at radius 1 is 1.07 bits per heavy atom. The van der Waals surface area contributed by atoms with Crippen molar-refractivity contribution < 1.29 is 4.42 Å². The van der Waals surface area contributed by atoms with E-state index >= 15 is 0 Å². The first-order valence-electron chi connectivity index (χ1n) is 4.63. The second-order valence-electron chi connectivity index (χ2n) is 3.62. The van der Waals surface area contributed by atoms with Gasteiger partial charge in [-0.3, -0.25) is 0 Å². The molecule has 0 aliphatic heterocycles. The predicted octanol–water partition coefficient (Wildman–Crippen LogP) is 4.26. The van der Waals surface area contributed by atoms with Gasteiger partial charge in [-0.2, -0.15) is 0 Å². The number of benzene rings is 1. The first-order chi connectivity index (χ1) is 6.74. The summed E-state index contributed by atoms with van der Waals surface area (Å²) in [6, 6.07) is 8.58. The molecule has 0 fully saturated rings. The lowest BCUT2D eigenvalue weighted by atomic mass is 10.2. The third-order valence-electron chi connectivity index (χ3n) is 2.42. The van der Waals surface area contributed by atoms with Crippen molar-refractivity contribution in [2.75, 3.05) is 0 Å². The molecule has 0 spiro atoms. The van der Waals surface area contributed by atoms with E-state index in [1.54, 1.807) is 11.3 Å². The summed E-state index contributed by atoms with van der Waals surface area (Å²) in [5, 5.41) is 2.49. The average Bonchev–Trinajstić information content (AvgIpc) is 2.65. The molecule has 2 heterocycles. The van der Waals surface area contributed by atoms with Gasteiger partial charge in [0.25, 0.3) is 0 Å². The summed E-state index contributed by atoms with van der Waals surface area (Å²) < 4.78 is 6.98. The van der Waals surface area contributed by atoms with Crippen LogP contribution < -0.4 is 0 Å². The summed E-state index contributed by atoms with van der Waals surface area (Å²) in [5.74, 6) is 0.985. The maximum Gasteiger partial charge on any atom is 0.152 e. The van der Waals surface area contributed by atoms with Crippen LogP contribution in [0.25, 0.3) is 21.1 Å². The van der Waals surface area contributed by atoms with E-state index in [1.807, 2.05) is 6.92 Å². The Labute approximate surface area is 86.0 Å². The van der Waals surface area contributed by atoms with Crippen molar-refractivity contribution >= 4 is 32.4 Å². The zero-order valence-electron chi connectivity index (χ0n) is 8.13. The molecule has 0 N–H and O–H groups in total. The van der Waals surface area contributed by atoms with Crippen molar-refractivity contribution in [3.8, 4) is 0 Å². The third kappa shape index (κ3) is 1.01. The van der Waals surface area contributed by atoms with Gasteiger partial charge in [0.1, 0.15) is 5.76 Å². The van der Waals surface area contributed by atoms with Crippen molar-refractivity contribution in [2.24, 2.45) is 0 Å². The number of rotatable bonds is 0. The highest BCUT2D eigenvalue weighted by Gasteiger charge is 2.07. The van der Waals surface area contributed by atoms with Crippen LogP contribution in [0.3, 0.4) is 0 Å². The maximum atomic E-state index is 5.70. The zero-order chi connectivity index (χ0) is 9.71. The average molecular weight is 202 g/mol. The van der Waals surface area contributed by atoms with Crippen molar-refractivity contribution in [2.45, 2.75) is 13.8 Å². The Balaban J connectivity index is 2.58. The van der Waals surface area contributed by atoms with Crippen LogP contribution in [-0.4, -0.2) is 0 Å². The van der Waals surface area contributed by atoms with Gasteiger partial charge in [0, 0.05) is 10.3 Å². The molecule has 3 rings (SSSR count). The molecule has 0 bridgehead atoms. The summed E-state index contributed by atoms with van der Waals surface area (Å²) in [4.78, 5) is 1.33. The summed E-state index contributed by atoms with van der Waals surface area (Å²) in [6.45, 7) is 4.12. The van der Waals surface area contributed by atoms with Crippen LogP contribution in [0.1, 0.15) is 10.6 Å². The molecule has 70 valence electrons. The Bertz CT molecular complexity index is 560. The van der Waals surface area contributed by atoms with Crippen LogP contribution in [0.15, 0.2) is 28.7 Å². The topological polar surface area (TPSA) is 13.1 Å². The summed E-state index contributed by atoms with van der Waals surface area (Å²) in [5.41, 5.74) is 1.04. The molecule has 1 aromatic carbocycles. The van der Waals surface area contributed by atoms with E-state index in [2.05, 4.69) is 31.2 Å². The van der Waals surface area contributed by atoms with E-state index in [0.717, 1.165) is 11.3 Å². The highest BCUT2D eigenvalue weighted by molar-refractivity contribution is 7.19. The molecule has 3 aromatic rings. The normalized spacial score (nSPS) is 11.6. The number of hydrogen-bond donors (Lipinski definition) is 0. The minimum atomic E-state index is 0.985. The smallest absolute Gasteiger partial charge is 0.152 e. The van der Waals surface area contributed by atoms with Gasteiger partial charge in [-0.1, -0.05) is 12.1 Å². The molecule has 0 aliphatic carbocycles. The van der Waals surface area contributed by atoms with E-state index < -0.39 is 0 Å². The lowest BCUT2D eigenvalue weighted by Gasteiger charge is -1.89. The number of aryl methyl sites for hydroxylation is 2. The Kier molecular flexibility index (Phi) is 1.50. The molecule has 1 nitrogen and oxygen atoms in total. The lowest BCUT2D eigenvalue weighted by molar-refractivity contribution is 0.582. The monoisotopic (exact) mass is 202 g/mol. The van der Waals surface area contributed by atoms with Crippen LogP contribution in [-0.2, 0) is 0 Å². The molecule has 0 saturated heterocycles. The van der Waals surface area contributed by atoms with Crippen molar-refractivity contribution in [3.05, 3.63) is 34.9 Å². The number of hydrogen-bond acceptors (Lipinski definition) is 2. The van der Waals surface area contributed by atoms with Crippen molar-refractivity contribution in [1.29, 1.82) is 0 Å². The van der Waals surface area contributed by atoms with Gasteiger partial charge in [-0.15, -0.1) is 11.3 Å². The van der Waals surface area contributed by atoms with E-state index in [1.165, 1.54) is 20.3 Å². The molecular formula is C12H10OS. The summed E-state index contributed by atoms with van der Waals surface area (Å²) >= 11 is 1.80. The molecule has 0 amide bonds. The van der Waals surface area contributed by atoms with E-state index in [9.17, 15) is 0 Å². The second kappa shape index (κ2) is 2.61. The number of fused-ring (bicyclic) bond motifs is 3. The minimum absolute atomic E-state index is 0.985. The first-order valence-corrected chi connectivity index (χ1v) is 5.45. The first kappa shape index (κ1) is 8.06. The second-order valence-corrected chi connectivity index (χ2v) is 4.87. The quantitative estimate of drug-likeness (QED) is 0.530. The largest absolute Gasteiger partial charge is 0.460 e. The number of thiophene rings is 1. The van der Waals surface area contributed by atoms with Crippen LogP contribution in [0.2, 0.25) is 0 Å². The number of furan rings is 1. The SMILES string of the molecule is Cc1cc2ccc3cc(C)sc3c2o1. The van der Waals surface area contributed by atoms with E-state index in [0.29, 0.717) is 0 Å². The van der Waals surface area contributed by atoms with E-state index in [-0.39, 0.29) is 0 Å². The molecule has 0 aliphatic rings. The molecule has 2 aromatic heterocycles. The van der Waals surface area contributed by atoms with Gasteiger partial charge in [-0.25, -0.2) is 0 Å². The summed E-state index contributed by atoms with van der Waals surface area (Å²) in [7, 11) is 0. The lowest BCUT2D eigenvalue weighted by Crippen LogP contribution is -1.63.